The van der Waals surface area contributed by atoms with Gasteiger partial charge >= 0.3 is 0 Å². The number of hydrogen-bond donors (Lipinski definition) is 0. The molecule has 0 aliphatic heterocycles. The van der Waals surface area contributed by atoms with Gasteiger partial charge in [0.1, 0.15) is 0 Å². The van der Waals surface area contributed by atoms with E-state index >= 15 is 0 Å². The number of allylic oxidation sites excluding steroid dienone is 26. The summed E-state index contributed by atoms with van der Waals surface area (Å²) in [5.74, 6) is 1.70. The Labute approximate surface area is 601 Å². The molecule has 510 valence electrons. The molecule has 0 heterocycles. The van der Waals surface area contributed by atoms with Gasteiger partial charge in [0.2, 0.25) is 0 Å². The highest BCUT2D eigenvalue weighted by Crippen LogP contribution is 2.69. The quantitative estimate of drug-likeness (QED) is 0.154. The summed E-state index contributed by atoms with van der Waals surface area (Å²) in [5, 5.41) is 5.60. The minimum Gasteiger partial charge on any atom is -0.0839 e. The molecule has 0 nitrogen and oxygen atoms in total. The van der Waals surface area contributed by atoms with Crippen molar-refractivity contribution in [3.8, 4) is 22.3 Å². The van der Waals surface area contributed by atoms with Crippen molar-refractivity contribution in [3.05, 3.63) is 269 Å². The zero-order chi connectivity index (χ0) is 70.6. The van der Waals surface area contributed by atoms with Crippen molar-refractivity contribution >= 4 is 43.8 Å². The Morgan fingerprint density at radius 3 is 1.64 bits per heavy atom. The highest BCUT2D eigenvalue weighted by atomic mass is 14.6. The predicted molar refractivity (Wildman–Crippen MR) is 430 cm³/mol. The summed E-state index contributed by atoms with van der Waals surface area (Å²) >= 11 is 0. The van der Waals surface area contributed by atoms with E-state index in [0.29, 0.717) is 23.7 Å². The van der Waals surface area contributed by atoms with Crippen LogP contribution in [0.4, 0.5) is 0 Å². The van der Waals surface area contributed by atoms with Crippen LogP contribution in [0.3, 0.4) is 0 Å². The lowest BCUT2D eigenvalue weighted by molar-refractivity contribution is 0.304. The summed E-state index contributed by atoms with van der Waals surface area (Å²) < 4.78 is 0. The normalized spacial score (nSPS) is 24.8. The Morgan fingerprint density at radius 2 is 1.01 bits per heavy atom. The smallest absolute Gasteiger partial charge is 0.0212 e. The van der Waals surface area contributed by atoms with Gasteiger partial charge in [-0.15, -0.1) is 0 Å². The molecular formula is C100H110. The summed E-state index contributed by atoms with van der Waals surface area (Å²) in [7, 11) is 0. The highest BCUT2D eigenvalue weighted by Gasteiger charge is 2.55. The Kier molecular flexibility index (Phi) is 14.2. The minimum absolute atomic E-state index is 0.00557. The van der Waals surface area contributed by atoms with Gasteiger partial charge in [0.15, 0.2) is 0 Å². The molecule has 11 aliphatic carbocycles. The third-order valence-electron chi connectivity index (χ3n) is 26.8. The van der Waals surface area contributed by atoms with Crippen LogP contribution in [-0.4, -0.2) is 0 Å². The monoisotopic (exact) mass is 1310 g/mol. The minimum atomic E-state index is -0.0149. The van der Waals surface area contributed by atoms with Gasteiger partial charge in [-0.3, -0.25) is 0 Å². The summed E-state index contributed by atoms with van der Waals surface area (Å²) in [5.41, 5.74) is 41.8. The van der Waals surface area contributed by atoms with E-state index < -0.39 is 0 Å². The molecule has 6 aromatic rings. The second-order valence-electron chi connectivity index (χ2n) is 39.8. The first kappa shape index (κ1) is 65.7. The van der Waals surface area contributed by atoms with Gasteiger partial charge in [0, 0.05) is 23.7 Å². The van der Waals surface area contributed by atoms with Crippen molar-refractivity contribution in [2.75, 3.05) is 0 Å². The van der Waals surface area contributed by atoms with Crippen molar-refractivity contribution in [2.24, 2.45) is 51.2 Å². The fraction of sp³-hybridized carbons (Fsp3) is 0.420. The van der Waals surface area contributed by atoms with E-state index in [0.717, 1.165) is 38.5 Å². The molecule has 0 spiro atoms. The van der Waals surface area contributed by atoms with Gasteiger partial charge in [-0.2, -0.15) is 0 Å². The Bertz CT molecular complexity index is 5110. The van der Waals surface area contributed by atoms with E-state index in [1.807, 2.05) is 0 Å². The van der Waals surface area contributed by atoms with Crippen molar-refractivity contribution < 1.29 is 0 Å². The molecule has 11 aliphatic rings. The molecule has 0 amide bonds. The van der Waals surface area contributed by atoms with E-state index in [9.17, 15) is 0 Å². The fourth-order valence-corrected chi connectivity index (χ4v) is 21.0. The molecule has 0 N–H and O–H groups in total. The van der Waals surface area contributed by atoms with Gasteiger partial charge < -0.3 is 0 Å². The van der Waals surface area contributed by atoms with Crippen LogP contribution in [-0.2, 0) is 21.7 Å². The van der Waals surface area contributed by atoms with Crippen LogP contribution in [0, 0.1) is 51.2 Å². The van der Waals surface area contributed by atoms with Gasteiger partial charge in [0.25, 0.3) is 0 Å². The second kappa shape index (κ2) is 21.5. The molecule has 100 heavy (non-hydrogen) atoms. The van der Waals surface area contributed by atoms with E-state index in [4.69, 9.17) is 0 Å². The van der Waals surface area contributed by atoms with Crippen molar-refractivity contribution in [1.82, 2.24) is 0 Å². The summed E-state index contributed by atoms with van der Waals surface area (Å²) in [6.45, 7) is 53.6. The molecule has 0 aromatic heterocycles. The average Bonchev–Trinajstić information content (AvgIpc) is 1.50. The molecule has 6 aromatic carbocycles. The first-order valence-corrected chi connectivity index (χ1v) is 38.7. The van der Waals surface area contributed by atoms with E-state index in [1.54, 1.807) is 39.0 Å². The maximum Gasteiger partial charge on any atom is 0.0212 e. The molecular weight excluding hydrogens is 1200 g/mol. The molecule has 0 radical (unpaired) electrons. The molecule has 0 fully saturated rings. The number of benzene rings is 6. The van der Waals surface area contributed by atoms with Crippen molar-refractivity contribution in [1.29, 1.82) is 0 Å². The lowest BCUT2D eigenvalue weighted by Crippen LogP contribution is -2.33. The first-order chi connectivity index (χ1) is 46.9. The van der Waals surface area contributed by atoms with Crippen LogP contribution < -0.4 is 0 Å². The van der Waals surface area contributed by atoms with E-state index in [1.165, 1.54) is 138 Å². The third kappa shape index (κ3) is 9.68. The number of hydrogen-bond acceptors (Lipinski definition) is 0. The summed E-state index contributed by atoms with van der Waals surface area (Å²) in [6, 6.07) is 37.7. The number of rotatable bonds is 4. The molecule has 0 saturated carbocycles. The largest absolute Gasteiger partial charge is 0.0839 e. The Hall–Kier alpha value is -7.54. The topological polar surface area (TPSA) is 0 Å². The van der Waals surface area contributed by atoms with Gasteiger partial charge in [0.05, 0.1) is 0 Å². The van der Waals surface area contributed by atoms with Crippen LogP contribution in [0.5, 0.6) is 0 Å². The predicted octanol–water partition coefficient (Wildman–Crippen LogP) is 27.6. The second-order valence-corrected chi connectivity index (χ2v) is 39.8. The number of fused-ring (bicyclic) bond motifs is 13. The summed E-state index contributed by atoms with van der Waals surface area (Å²) in [4.78, 5) is 0. The average molecular weight is 1310 g/mol. The van der Waals surface area contributed by atoms with Crippen molar-refractivity contribution in [3.63, 3.8) is 0 Å². The zero-order valence-corrected chi connectivity index (χ0v) is 64.7. The molecule has 6 unspecified atom stereocenters. The standard InChI is InChI=1S/C100H110/c1-93(2,3)59-35-30-55(31-36-59)83-78-54-76-66-41-34-58(73-48-63(97(13,14)15)52-81-86(73)69-42-39-61(95(7,8)9)50-79(69)99(81,19)20)46-74(66)67-28-25-29-71(85(67)76)89(78)84(56-32-37-60(38-33-56)94(4,5)6)92-77-47-57-26-23-24-27-65(57)88-68(44-45-72(90(77)88)91(83)92)75-49-64(98(16,17)18)53-82-87(75)70-43-40-62(96(10,11)12)51-80(70)100(82,21)22/h24-25,27-33,35-39,42,44-54,81-82,86-88,90H,23,26,34,40-41,43H2,1-22H3. The van der Waals surface area contributed by atoms with Crippen LogP contribution in [0.2, 0.25) is 0 Å². The van der Waals surface area contributed by atoms with Crippen LogP contribution in [0.1, 0.15) is 247 Å². The molecule has 6 atom stereocenters. The maximum absolute atomic E-state index is 2.76. The Morgan fingerprint density at radius 1 is 0.410 bits per heavy atom. The lowest BCUT2D eigenvalue weighted by atomic mass is 9.60. The Balaban J connectivity index is 0.934. The van der Waals surface area contributed by atoms with E-state index in [-0.39, 0.29) is 55.2 Å². The molecule has 0 heteroatoms. The van der Waals surface area contributed by atoms with Crippen molar-refractivity contribution in [2.45, 2.75) is 218 Å². The molecule has 17 rings (SSSR count). The third-order valence-corrected chi connectivity index (χ3v) is 26.8. The lowest BCUT2D eigenvalue weighted by Gasteiger charge is -2.43. The summed E-state index contributed by atoms with van der Waals surface area (Å²) in [6.07, 6.45) is 35.9. The van der Waals surface area contributed by atoms with Gasteiger partial charge in [-0.05, 0) is 266 Å². The molecule has 0 bridgehead atoms. The van der Waals surface area contributed by atoms with Crippen LogP contribution in [0.25, 0.3) is 66.1 Å². The van der Waals surface area contributed by atoms with Crippen LogP contribution in [0.15, 0.2) is 219 Å². The van der Waals surface area contributed by atoms with E-state index in [2.05, 4.69) is 310 Å². The SMILES string of the molecule is CC(C)(C)C1=CC2C(C(C3=CC=C4c5c(c(-c6ccc(C(C)(C)C)cc6)c6c(cc7c8c(cccc86)C6=C7CCC(C7=CC(C(C)(C)C)=CC8C7c7ccc(C(C)(C)C)cc7C8(C)C)=C6)c5-c5ccc(C(C)(C)C)cc5)C5=CC6=C(C=CCC6)C3C45)=C1)C1=C(C=C(C(C)(C)C)CC1)C2(C)C. The van der Waals surface area contributed by atoms with Gasteiger partial charge in [-0.25, -0.2) is 0 Å². The maximum atomic E-state index is 2.76. The highest BCUT2D eigenvalue weighted by molar-refractivity contribution is 6.30. The first-order valence-electron chi connectivity index (χ1n) is 38.7. The van der Waals surface area contributed by atoms with Gasteiger partial charge in [-0.1, -0.05) is 315 Å². The zero-order valence-electron chi connectivity index (χ0n) is 64.7. The molecule has 0 saturated heterocycles. The van der Waals surface area contributed by atoms with Crippen LogP contribution >= 0.6 is 0 Å². The fourth-order valence-electron chi connectivity index (χ4n) is 21.0.